The van der Waals surface area contributed by atoms with Gasteiger partial charge in [-0.05, 0) is 6.07 Å². The molecule has 0 fully saturated rings. The third-order valence-electron chi connectivity index (χ3n) is 1.63. The maximum absolute atomic E-state index is 3.99. The molecule has 0 aliphatic rings. The zero-order chi connectivity index (χ0) is 11.1. The Morgan fingerprint density at radius 1 is 0.688 bits per heavy atom. The minimum absolute atomic E-state index is 0.637. The van der Waals surface area contributed by atoms with Crippen molar-refractivity contribution in [2.75, 3.05) is 0 Å². The number of nitrogens with zero attached hydrogens (tertiary/aromatic N) is 6. The minimum atomic E-state index is 0.637. The van der Waals surface area contributed by atoms with Crippen LogP contribution in [0, 0.1) is 0 Å². The van der Waals surface area contributed by atoms with Crippen LogP contribution in [0.3, 0.4) is 0 Å². The second-order valence-electron chi connectivity index (χ2n) is 2.69. The molecule has 0 radical (unpaired) electrons. The van der Waals surface area contributed by atoms with Crippen molar-refractivity contribution in [3.63, 3.8) is 0 Å². The van der Waals surface area contributed by atoms with E-state index in [1.54, 1.807) is 37.1 Å². The standard InChI is InChI=1S/C6H4N4.C4H4N2/c1-2-9-6-5(8-1)3-7-4-10-6;1-2-5-4-6-3-1/h1-4H;1-4H. The van der Waals surface area contributed by atoms with Crippen LogP contribution in [0.1, 0.15) is 0 Å². The van der Waals surface area contributed by atoms with Gasteiger partial charge >= 0.3 is 0 Å². The van der Waals surface area contributed by atoms with Crippen LogP contribution >= 0.6 is 0 Å². The molecule has 0 saturated carbocycles. The number of rotatable bonds is 0. The first kappa shape index (κ1) is 10.0. The molecule has 0 spiro atoms. The van der Waals surface area contributed by atoms with E-state index in [0.29, 0.717) is 5.65 Å². The van der Waals surface area contributed by atoms with Crippen LogP contribution in [0.2, 0.25) is 0 Å². The van der Waals surface area contributed by atoms with E-state index in [4.69, 9.17) is 0 Å². The quantitative estimate of drug-likeness (QED) is 0.551. The van der Waals surface area contributed by atoms with Crippen molar-refractivity contribution in [3.05, 3.63) is 49.7 Å². The summed E-state index contributed by atoms with van der Waals surface area (Å²) in [5.74, 6) is 0. The summed E-state index contributed by atoms with van der Waals surface area (Å²) in [6.45, 7) is 0. The van der Waals surface area contributed by atoms with Crippen LogP contribution in [0.5, 0.6) is 0 Å². The molecule has 0 bridgehead atoms. The first-order valence-electron chi connectivity index (χ1n) is 4.53. The normalized spacial score (nSPS) is 9.25. The Bertz CT molecular complexity index is 450. The predicted molar refractivity (Wildman–Crippen MR) is 57.2 cm³/mol. The molecule has 6 heteroatoms. The Hall–Kier alpha value is -2.50. The third-order valence-corrected chi connectivity index (χ3v) is 1.63. The average Bonchev–Trinajstić information content (AvgIpc) is 2.42. The average molecular weight is 212 g/mol. The zero-order valence-electron chi connectivity index (χ0n) is 8.30. The van der Waals surface area contributed by atoms with Gasteiger partial charge in [0.1, 0.15) is 18.2 Å². The van der Waals surface area contributed by atoms with Gasteiger partial charge in [0.2, 0.25) is 0 Å². The first-order chi connectivity index (χ1) is 7.97. The molecule has 78 valence electrons. The van der Waals surface area contributed by atoms with Gasteiger partial charge in [0.25, 0.3) is 0 Å². The van der Waals surface area contributed by atoms with E-state index in [2.05, 4.69) is 29.9 Å². The summed E-state index contributed by atoms with van der Waals surface area (Å²) in [5.41, 5.74) is 1.36. The van der Waals surface area contributed by atoms with E-state index in [9.17, 15) is 0 Å². The van der Waals surface area contributed by atoms with E-state index in [1.807, 2.05) is 0 Å². The highest BCUT2D eigenvalue weighted by molar-refractivity contribution is 5.66. The Morgan fingerprint density at radius 3 is 2.12 bits per heavy atom. The Balaban J connectivity index is 0.000000138. The summed E-state index contributed by atoms with van der Waals surface area (Å²) in [4.78, 5) is 23.0. The van der Waals surface area contributed by atoms with Crippen molar-refractivity contribution in [1.82, 2.24) is 29.9 Å². The third kappa shape index (κ3) is 2.74. The van der Waals surface area contributed by atoms with Crippen LogP contribution in [0.15, 0.2) is 49.7 Å². The van der Waals surface area contributed by atoms with Crippen molar-refractivity contribution in [2.24, 2.45) is 0 Å². The van der Waals surface area contributed by atoms with Crippen LogP contribution in [0.4, 0.5) is 0 Å². The van der Waals surface area contributed by atoms with Crippen molar-refractivity contribution < 1.29 is 0 Å². The maximum Gasteiger partial charge on any atom is 0.181 e. The molecular weight excluding hydrogens is 204 g/mol. The van der Waals surface area contributed by atoms with Gasteiger partial charge < -0.3 is 0 Å². The van der Waals surface area contributed by atoms with Crippen molar-refractivity contribution in [1.29, 1.82) is 0 Å². The van der Waals surface area contributed by atoms with Crippen LogP contribution < -0.4 is 0 Å². The summed E-state index contributed by atoms with van der Waals surface area (Å²) < 4.78 is 0. The van der Waals surface area contributed by atoms with Crippen molar-refractivity contribution in [2.45, 2.75) is 0 Å². The zero-order valence-corrected chi connectivity index (χ0v) is 8.30. The fourth-order valence-electron chi connectivity index (χ4n) is 0.977. The first-order valence-corrected chi connectivity index (χ1v) is 4.53. The number of hydrogen-bond donors (Lipinski definition) is 0. The van der Waals surface area contributed by atoms with Gasteiger partial charge in [0.15, 0.2) is 5.65 Å². The fraction of sp³-hybridized carbons (Fsp3) is 0. The SMILES string of the molecule is c1cnc2ncncc2n1.c1cncnc1. The van der Waals surface area contributed by atoms with E-state index < -0.39 is 0 Å². The van der Waals surface area contributed by atoms with Crippen LogP contribution in [0.25, 0.3) is 11.2 Å². The Labute approximate surface area is 91.5 Å². The second-order valence-corrected chi connectivity index (χ2v) is 2.69. The summed E-state index contributed by atoms with van der Waals surface area (Å²) >= 11 is 0. The van der Waals surface area contributed by atoms with E-state index in [1.165, 1.54) is 12.7 Å². The predicted octanol–water partition coefficient (Wildman–Crippen LogP) is 0.896. The van der Waals surface area contributed by atoms with Gasteiger partial charge in [-0.25, -0.2) is 29.9 Å². The highest BCUT2D eigenvalue weighted by atomic mass is 14.9. The van der Waals surface area contributed by atoms with Gasteiger partial charge in [-0.3, -0.25) is 0 Å². The second kappa shape index (κ2) is 5.40. The molecule has 6 nitrogen and oxygen atoms in total. The van der Waals surface area contributed by atoms with Gasteiger partial charge in [-0.1, -0.05) is 0 Å². The molecule has 3 aromatic heterocycles. The van der Waals surface area contributed by atoms with Crippen molar-refractivity contribution in [3.8, 4) is 0 Å². The molecular formula is C10H8N6. The summed E-state index contributed by atoms with van der Waals surface area (Å²) in [6.07, 6.45) is 11.2. The highest BCUT2D eigenvalue weighted by Crippen LogP contribution is 1.98. The number of fused-ring (bicyclic) bond motifs is 1. The molecule has 0 N–H and O–H groups in total. The lowest BCUT2D eigenvalue weighted by molar-refractivity contribution is 1.15. The molecule has 3 heterocycles. The fourth-order valence-corrected chi connectivity index (χ4v) is 0.977. The molecule has 0 atom stereocenters. The smallest absolute Gasteiger partial charge is 0.181 e. The van der Waals surface area contributed by atoms with Crippen LogP contribution in [-0.2, 0) is 0 Å². The molecule has 16 heavy (non-hydrogen) atoms. The number of aromatic nitrogens is 6. The van der Waals surface area contributed by atoms with E-state index >= 15 is 0 Å². The maximum atomic E-state index is 3.99. The summed E-state index contributed by atoms with van der Waals surface area (Å²) in [7, 11) is 0. The Kier molecular flexibility index (Phi) is 3.38. The van der Waals surface area contributed by atoms with Crippen molar-refractivity contribution >= 4 is 11.2 Å². The molecule has 0 amide bonds. The largest absolute Gasteiger partial charge is 0.250 e. The lowest BCUT2D eigenvalue weighted by atomic mass is 10.5. The summed E-state index contributed by atoms with van der Waals surface area (Å²) in [6, 6.07) is 1.78. The lowest BCUT2D eigenvalue weighted by Crippen LogP contribution is -1.85. The molecule has 0 aromatic carbocycles. The lowest BCUT2D eigenvalue weighted by Gasteiger charge is -1.89. The topological polar surface area (TPSA) is 77.3 Å². The molecule has 0 saturated heterocycles. The van der Waals surface area contributed by atoms with Gasteiger partial charge in [0.05, 0.1) is 6.20 Å². The monoisotopic (exact) mass is 212 g/mol. The van der Waals surface area contributed by atoms with Gasteiger partial charge in [-0.2, -0.15) is 0 Å². The van der Waals surface area contributed by atoms with Crippen LogP contribution in [-0.4, -0.2) is 29.9 Å². The Morgan fingerprint density at radius 2 is 1.50 bits per heavy atom. The molecule has 3 aromatic rings. The van der Waals surface area contributed by atoms with Gasteiger partial charge in [-0.15, -0.1) is 0 Å². The molecule has 0 aliphatic carbocycles. The summed E-state index contributed by atoms with van der Waals surface area (Å²) in [5, 5.41) is 0. The number of hydrogen-bond acceptors (Lipinski definition) is 6. The molecule has 3 rings (SSSR count). The molecule has 0 aliphatic heterocycles. The van der Waals surface area contributed by atoms with Gasteiger partial charge in [0, 0.05) is 24.8 Å². The van der Waals surface area contributed by atoms with E-state index in [-0.39, 0.29) is 0 Å². The molecule has 0 unspecified atom stereocenters. The highest BCUT2D eigenvalue weighted by Gasteiger charge is 1.90. The minimum Gasteiger partial charge on any atom is -0.250 e. The van der Waals surface area contributed by atoms with E-state index in [0.717, 1.165) is 5.52 Å².